The molecule has 2 nitrogen and oxygen atoms in total. The molecule has 0 aliphatic rings. The number of aryl methyl sites for hydroxylation is 2. The summed E-state index contributed by atoms with van der Waals surface area (Å²) < 4.78 is 61.8. The van der Waals surface area contributed by atoms with Crippen molar-refractivity contribution in [1.29, 1.82) is 0 Å². The minimum atomic E-state index is -4.72. The van der Waals surface area contributed by atoms with Crippen LogP contribution in [0.2, 0.25) is 0 Å². The molecule has 0 heterocycles. The Balaban J connectivity index is 1.42. The van der Waals surface area contributed by atoms with Gasteiger partial charge in [0.1, 0.15) is 17.3 Å². The summed E-state index contributed by atoms with van der Waals surface area (Å²) in [6.45, 7) is 2.87. The first-order valence-corrected chi connectivity index (χ1v) is 12.1. The summed E-state index contributed by atoms with van der Waals surface area (Å²) in [5.41, 5.74) is 3.39. The minimum absolute atomic E-state index is 0.270. The molecule has 0 saturated heterocycles. The van der Waals surface area contributed by atoms with Crippen LogP contribution in [0.5, 0.6) is 11.5 Å². The van der Waals surface area contributed by atoms with Crippen molar-refractivity contribution in [2.75, 3.05) is 6.61 Å². The number of benzene rings is 4. The number of hydrogen-bond donors (Lipinski definition) is 0. The summed E-state index contributed by atoms with van der Waals surface area (Å²) in [6, 6.07) is 22.9. The van der Waals surface area contributed by atoms with Crippen molar-refractivity contribution in [2.24, 2.45) is 0 Å². The van der Waals surface area contributed by atoms with E-state index in [1.807, 2.05) is 42.5 Å². The van der Waals surface area contributed by atoms with E-state index >= 15 is 4.39 Å². The summed E-state index contributed by atoms with van der Waals surface area (Å²) in [4.78, 5) is 0. The van der Waals surface area contributed by atoms with E-state index in [9.17, 15) is 13.2 Å². The summed E-state index contributed by atoms with van der Waals surface area (Å²) >= 11 is 0. The average molecular weight is 497 g/mol. The highest BCUT2D eigenvalue weighted by molar-refractivity contribution is 5.88. The van der Waals surface area contributed by atoms with Gasteiger partial charge in [0.05, 0.1) is 6.61 Å². The lowest BCUT2D eigenvalue weighted by Gasteiger charge is -2.11. The lowest BCUT2D eigenvalue weighted by molar-refractivity contribution is -0.274. The Kier molecular flexibility index (Phi) is 8.14. The van der Waals surface area contributed by atoms with Gasteiger partial charge in [0, 0.05) is 5.39 Å². The van der Waals surface area contributed by atoms with Crippen molar-refractivity contribution in [2.45, 2.75) is 45.4 Å². The first-order chi connectivity index (χ1) is 17.3. The summed E-state index contributed by atoms with van der Waals surface area (Å²) in [7, 11) is 0. The second kappa shape index (κ2) is 11.5. The zero-order chi connectivity index (χ0) is 25.5. The summed E-state index contributed by atoms with van der Waals surface area (Å²) in [5.74, 6) is 0.300. The molecule has 0 spiro atoms. The number of fused-ring (bicyclic) bond motifs is 1. The van der Waals surface area contributed by atoms with Crippen LogP contribution in [-0.4, -0.2) is 13.0 Å². The van der Waals surface area contributed by atoms with Crippen LogP contribution < -0.4 is 9.47 Å². The highest BCUT2D eigenvalue weighted by Gasteiger charge is 2.30. The maximum absolute atomic E-state index is 15.2. The molecule has 4 rings (SSSR count). The van der Waals surface area contributed by atoms with Gasteiger partial charge in [-0.1, -0.05) is 68.3 Å². The number of rotatable bonds is 10. The lowest BCUT2D eigenvalue weighted by Crippen LogP contribution is -2.17. The molecule has 0 aromatic heterocycles. The zero-order valence-corrected chi connectivity index (χ0v) is 20.1. The monoisotopic (exact) mass is 496 g/mol. The fraction of sp³-hybridized carbons (Fsp3) is 0.267. The topological polar surface area (TPSA) is 18.5 Å². The van der Waals surface area contributed by atoms with Crippen LogP contribution in [0.4, 0.5) is 17.6 Å². The van der Waals surface area contributed by atoms with Gasteiger partial charge >= 0.3 is 6.36 Å². The molecule has 0 aliphatic carbocycles. The molecule has 0 unspecified atom stereocenters. The summed E-state index contributed by atoms with van der Waals surface area (Å²) in [6.07, 6.45) is -0.435. The predicted octanol–water partition coefficient (Wildman–Crippen LogP) is 8.90. The Morgan fingerprint density at radius 3 is 2.11 bits per heavy atom. The van der Waals surface area contributed by atoms with Crippen LogP contribution in [0.1, 0.15) is 37.3 Å². The third kappa shape index (κ3) is 6.78. The molecule has 0 saturated carbocycles. The van der Waals surface area contributed by atoms with Crippen LogP contribution in [0.3, 0.4) is 0 Å². The first kappa shape index (κ1) is 25.5. The minimum Gasteiger partial charge on any atom is -0.494 e. The molecule has 0 fully saturated rings. The number of hydrogen-bond acceptors (Lipinski definition) is 2. The Hall–Kier alpha value is -3.54. The van der Waals surface area contributed by atoms with Crippen LogP contribution in [0, 0.1) is 5.82 Å². The van der Waals surface area contributed by atoms with E-state index in [-0.39, 0.29) is 11.6 Å². The Bertz CT molecular complexity index is 1280. The van der Waals surface area contributed by atoms with Gasteiger partial charge in [0.2, 0.25) is 0 Å². The van der Waals surface area contributed by atoms with E-state index in [4.69, 9.17) is 4.74 Å². The normalized spacial score (nSPS) is 11.6. The molecule has 6 heteroatoms. The fourth-order valence-corrected chi connectivity index (χ4v) is 4.13. The maximum Gasteiger partial charge on any atom is 0.573 e. The Morgan fingerprint density at radius 2 is 1.42 bits per heavy atom. The molecule has 188 valence electrons. The van der Waals surface area contributed by atoms with Gasteiger partial charge in [0.15, 0.2) is 0 Å². The molecule has 0 N–H and O–H groups in total. The van der Waals surface area contributed by atoms with Crippen LogP contribution in [0.25, 0.3) is 21.9 Å². The quantitative estimate of drug-likeness (QED) is 0.161. The predicted molar refractivity (Wildman–Crippen MR) is 135 cm³/mol. The first-order valence-electron chi connectivity index (χ1n) is 12.1. The smallest absolute Gasteiger partial charge is 0.494 e. The SMILES string of the molecule is CCCCCOc1ccc(-c2ccc3c(F)c(CCc4ccc(OC(F)(F)F)cc4)ccc3c2)cc1. The lowest BCUT2D eigenvalue weighted by atomic mass is 9.97. The van der Waals surface area contributed by atoms with E-state index in [0.29, 0.717) is 30.4 Å². The highest BCUT2D eigenvalue weighted by Crippen LogP contribution is 2.29. The second-order valence-electron chi connectivity index (χ2n) is 8.75. The molecule has 0 atom stereocenters. The zero-order valence-electron chi connectivity index (χ0n) is 20.1. The standard InChI is InChI=1S/C30H28F4O2/c1-2-3-4-19-35-26-16-11-22(12-17-26)24-13-18-28-25(20-24)10-9-23(29(28)31)8-5-21-6-14-27(15-7-21)36-30(32,33)34/h6-7,9-18,20H,2-5,8,19H2,1H3. The van der Waals surface area contributed by atoms with Gasteiger partial charge in [-0.2, -0.15) is 0 Å². The van der Waals surface area contributed by atoms with Gasteiger partial charge in [-0.25, -0.2) is 4.39 Å². The molecule has 0 radical (unpaired) electrons. The van der Waals surface area contributed by atoms with E-state index in [1.165, 1.54) is 12.1 Å². The van der Waals surface area contributed by atoms with Crippen molar-refractivity contribution in [3.63, 3.8) is 0 Å². The second-order valence-corrected chi connectivity index (χ2v) is 8.75. The van der Waals surface area contributed by atoms with Crippen molar-refractivity contribution in [3.05, 3.63) is 95.8 Å². The molecule has 4 aromatic carbocycles. The number of alkyl halides is 3. The van der Waals surface area contributed by atoms with Crippen molar-refractivity contribution < 1.29 is 27.0 Å². The fourth-order valence-electron chi connectivity index (χ4n) is 4.13. The van der Waals surface area contributed by atoms with Gasteiger partial charge in [0.25, 0.3) is 0 Å². The Labute approximate surface area is 208 Å². The molecule has 0 aliphatic heterocycles. The van der Waals surface area contributed by atoms with Gasteiger partial charge in [-0.15, -0.1) is 13.2 Å². The van der Waals surface area contributed by atoms with Crippen LogP contribution in [-0.2, 0) is 12.8 Å². The van der Waals surface area contributed by atoms with Gasteiger partial charge in [-0.3, -0.25) is 0 Å². The largest absolute Gasteiger partial charge is 0.573 e. The number of halogens is 4. The summed E-state index contributed by atoms with van der Waals surface area (Å²) in [5, 5.41) is 1.35. The van der Waals surface area contributed by atoms with Crippen molar-refractivity contribution in [1.82, 2.24) is 0 Å². The molecule has 0 amide bonds. The molecule has 36 heavy (non-hydrogen) atoms. The van der Waals surface area contributed by atoms with Gasteiger partial charge < -0.3 is 9.47 Å². The van der Waals surface area contributed by atoms with E-state index in [1.54, 1.807) is 24.3 Å². The number of ether oxygens (including phenoxy) is 2. The van der Waals surface area contributed by atoms with Crippen LogP contribution >= 0.6 is 0 Å². The third-order valence-corrected chi connectivity index (χ3v) is 6.08. The molecular formula is C30H28F4O2. The Morgan fingerprint density at radius 1 is 0.722 bits per heavy atom. The van der Waals surface area contributed by atoms with Gasteiger partial charge in [-0.05, 0) is 77.2 Å². The molecule has 4 aromatic rings. The molecular weight excluding hydrogens is 468 g/mol. The van der Waals surface area contributed by atoms with E-state index in [0.717, 1.165) is 47.1 Å². The highest BCUT2D eigenvalue weighted by atomic mass is 19.4. The third-order valence-electron chi connectivity index (χ3n) is 6.08. The average Bonchev–Trinajstić information content (AvgIpc) is 2.86. The molecule has 0 bridgehead atoms. The van der Waals surface area contributed by atoms with Crippen molar-refractivity contribution in [3.8, 4) is 22.6 Å². The maximum atomic E-state index is 15.2. The van der Waals surface area contributed by atoms with Crippen molar-refractivity contribution >= 4 is 10.8 Å². The van der Waals surface area contributed by atoms with E-state index in [2.05, 4.69) is 11.7 Å². The van der Waals surface area contributed by atoms with Crippen LogP contribution in [0.15, 0.2) is 78.9 Å². The van der Waals surface area contributed by atoms with E-state index < -0.39 is 6.36 Å². The number of unbranched alkanes of at least 4 members (excludes halogenated alkanes) is 2.